The van der Waals surface area contributed by atoms with E-state index < -0.39 is 17.8 Å². The zero-order chi connectivity index (χ0) is 12.1. The molecule has 1 aliphatic heterocycles. The second-order valence-electron chi connectivity index (χ2n) is 3.63. The van der Waals surface area contributed by atoms with Gasteiger partial charge in [0.05, 0.1) is 0 Å². The largest absolute Gasteiger partial charge is 0.333 e. The molecule has 0 spiro atoms. The van der Waals surface area contributed by atoms with Crippen molar-refractivity contribution in [1.82, 2.24) is 5.06 Å². The predicted molar refractivity (Wildman–Crippen MR) is 59.4 cm³/mol. The van der Waals surface area contributed by atoms with Gasteiger partial charge in [-0.05, 0) is 12.7 Å². The topological polar surface area (TPSA) is 63.7 Å². The molecule has 0 radical (unpaired) electrons. The number of amides is 2. The lowest BCUT2D eigenvalue weighted by atomic mass is 10.2. The van der Waals surface area contributed by atoms with Crippen molar-refractivity contribution in [1.29, 1.82) is 0 Å². The van der Waals surface area contributed by atoms with Gasteiger partial charge in [0.25, 0.3) is 11.8 Å². The minimum atomic E-state index is -0.524. The second kappa shape index (κ2) is 5.89. The van der Waals surface area contributed by atoms with Gasteiger partial charge >= 0.3 is 5.97 Å². The van der Waals surface area contributed by atoms with Crippen LogP contribution in [0.3, 0.4) is 0 Å². The standard InChI is InChI=1S/C10H15NO4S/c1-7(16-2)3-6-10(14)15-11-8(12)4-5-9(11)13/h7H,3-6H2,1-2H3. The van der Waals surface area contributed by atoms with Crippen LogP contribution < -0.4 is 0 Å². The van der Waals surface area contributed by atoms with Gasteiger partial charge in [0.15, 0.2) is 0 Å². The van der Waals surface area contributed by atoms with Gasteiger partial charge in [-0.25, -0.2) is 4.79 Å². The molecule has 1 heterocycles. The molecule has 0 aliphatic carbocycles. The summed E-state index contributed by atoms with van der Waals surface area (Å²) >= 11 is 1.66. The van der Waals surface area contributed by atoms with E-state index in [-0.39, 0.29) is 19.3 Å². The molecule has 90 valence electrons. The third-order valence-corrected chi connectivity index (χ3v) is 3.40. The van der Waals surface area contributed by atoms with E-state index in [4.69, 9.17) is 4.84 Å². The van der Waals surface area contributed by atoms with Crippen molar-refractivity contribution in [2.45, 2.75) is 37.9 Å². The van der Waals surface area contributed by atoms with E-state index in [1.807, 2.05) is 13.2 Å². The number of nitrogens with zero attached hydrogens (tertiary/aromatic N) is 1. The van der Waals surface area contributed by atoms with Crippen LogP contribution in [0.25, 0.3) is 0 Å². The van der Waals surface area contributed by atoms with Crippen LogP contribution in [-0.2, 0) is 19.2 Å². The van der Waals surface area contributed by atoms with Crippen LogP contribution in [0.5, 0.6) is 0 Å². The fraction of sp³-hybridized carbons (Fsp3) is 0.700. The molecule has 6 heteroatoms. The lowest BCUT2D eigenvalue weighted by Crippen LogP contribution is -2.32. The zero-order valence-corrected chi connectivity index (χ0v) is 10.2. The maximum Gasteiger partial charge on any atom is 0.333 e. The molecule has 0 aromatic carbocycles. The normalized spacial score (nSPS) is 17.8. The maximum atomic E-state index is 11.3. The van der Waals surface area contributed by atoms with Crippen LogP contribution >= 0.6 is 11.8 Å². The van der Waals surface area contributed by atoms with Gasteiger partial charge < -0.3 is 4.84 Å². The van der Waals surface area contributed by atoms with Crippen molar-refractivity contribution in [3.63, 3.8) is 0 Å². The Morgan fingerprint density at radius 3 is 2.50 bits per heavy atom. The minimum Gasteiger partial charge on any atom is -0.330 e. The Morgan fingerprint density at radius 2 is 2.00 bits per heavy atom. The number of carbonyl (C=O) groups is 3. The molecule has 5 nitrogen and oxygen atoms in total. The fourth-order valence-electron chi connectivity index (χ4n) is 1.24. The molecule has 1 rings (SSSR count). The second-order valence-corrected chi connectivity index (χ2v) is 4.91. The molecular weight excluding hydrogens is 230 g/mol. The molecule has 1 fully saturated rings. The third kappa shape index (κ3) is 3.52. The molecule has 1 unspecified atom stereocenters. The first kappa shape index (κ1) is 13.0. The van der Waals surface area contributed by atoms with Gasteiger partial charge in [0, 0.05) is 24.5 Å². The molecule has 1 saturated heterocycles. The van der Waals surface area contributed by atoms with E-state index in [0.29, 0.717) is 16.7 Å². The first-order chi connectivity index (χ1) is 7.54. The van der Waals surface area contributed by atoms with Crippen molar-refractivity contribution in [3.8, 4) is 0 Å². The van der Waals surface area contributed by atoms with Gasteiger partial charge in [-0.3, -0.25) is 9.59 Å². The molecule has 2 amide bonds. The highest BCUT2D eigenvalue weighted by atomic mass is 32.2. The van der Waals surface area contributed by atoms with Crippen LogP contribution in [0.2, 0.25) is 0 Å². The summed E-state index contributed by atoms with van der Waals surface area (Å²) in [5, 5.41) is 0.948. The molecule has 1 atom stereocenters. The van der Waals surface area contributed by atoms with Gasteiger partial charge in [-0.1, -0.05) is 6.92 Å². The van der Waals surface area contributed by atoms with E-state index in [0.717, 1.165) is 0 Å². The van der Waals surface area contributed by atoms with Crippen LogP contribution in [0.1, 0.15) is 32.6 Å². The van der Waals surface area contributed by atoms with Crippen molar-refractivity contribution >= 4 is 29.5 Å². The number of thioether (sulfide) groups is 1. The highest BCUT2D eigenvalue weighted by molar-refractivity contribution is 7.99. The number of imide groups is 1. The van der Waals surface area contributed by atoms with Crippen molar-refractivity contribution in [2.24, 2.45) is 0 Å². The number of carbonyl (C=O) groups excluding carboxylic acids is 3. The molecule has 0 aromatic heterocycles. The Hall–Kier alpha value is -1.04. The number of hydroxylamine groups is 2. The highest BCUT2D eigenvalue weighted by Crippen LogP contribution is 2.15. The average Bonchev–Trinajstić information content (AvgIpc) is 2.57. The first-order valence-electron chi connectivity index (χ1n) is 5.14. The lowest BCUT2D eigenvalue weighted by molar-refractivity contribution is -0.197. The van der Waals surface area contributed by atoms with Crippen molar-refractivity contribution < 1.29 is 19.2 Å². The maximum absolute atomic E-state index is 11.3. The smallest absolute Gasteiger partial charge is 0.330 e. The van der Waals surface area contributed by atoms with Crippen LogP contribution in [0, 0.1) is 0 Å². The van der Waals surface area contributed by atoms with E-state index >= 15 is 0 Å². The lowest BCUT2D eigenvalue weighted by Gasteiger charge is -2.13. The Labute approximate surface area is 98.5 Å². The van der Waals surface area contributed by atoms with Crippen molar-refractivity contribution in [3.05, 3.63) is 0 Å². The van der Waals surface area contributed by atoms with E-state index in [9.17, 15) is 14.4 Å². The molecular formula is C10H15NO4S. The quantitative estimate of drug-likeness (QED) is 0.679. The van der Waals surface area contributed by atoms with Gasteiger partial charge in [-0.2, -0.15) is 11.8 Å². The zero-order valence-electron chi connectivity index (χ0n) is 9.39. The summed E-state index contributed by atoms with van der Waals surface area (Å²) in [5.41, 5.74) is 0. The predicted octanol–water partition coefficient (Wildman–Crippen LogP) is 1.13. The average molecular weight is 245 g/mol. The van der Waals surface area contributed by atoms with Crippen molar-refractivity contribution in [2.75, 3.05) is 6.26 Å². The Kier molecular flexibility index (Phi) is 4.79. The minimum absolute atomic E-state index is 0.132. The SMILES string of the molecule is CSC(C)CCC(=O)ON1C(=O)CCC1=O. The summed E-state index contributed by atoms with van der Waals surface area (Å²) in [5.74, 6) is -1.39. The monoisotopic (exact) mass is 245 g/mol. The van der Waals surface area contributed by atoms with Gasteiger partial charge in [0.1, 0.15) is 0 Å². The summed E-state index contributed by atoms with van der Waals surface area (Å²) in [6.45, 7) is 2.00. The molecule has 0 aromatic rings. The summed E-state index contributed by atoms with van der Waals surface area (Å²) in [7, 11) is 0. The highest BCUT2D eigenvalue weighted by Gasteiger charge is 2.32. The summed E-state index contributed by atoms with van der Waals surface area (Å²) in [4.78, 5) is 38.3. The van der Waals surface area contributed by atoms with Crippen LogP contribution in [0.4, 0.5) is 0 Å². The number of hydrogen-bond acceptors (Lipinski definition) is 5. The van der Waals surface area contributed by atoms with E-state index in [1.54, 1.807) is 11.8 Å². The Bertz CT molecular complexity index is 289. The third-order valence-electron chi connectivity index (χ3n) is 2.36. The van der Waals surface area contributed by atoms with Crippen LogP contribution in [-0.4, -0.2) is 34.4 Å². The molecule has 0 bridgehead atoms. The summed E-state index contributed by atoms with van der Waals surface area (Å²) < 4.78 is 0. The molecule has 0 saturated carbocycles. The Morgan fingerprint density at radius 1 is 1.44 bits per heavy atom. The number of hydrogen-bond donors (Lipinski definition) is 0. The molecule has 1 aliphatic rings. The molecule has 16 heavy (non-hydrogen) atoms. The Balaban J connectivity index is 2.34. The first-order valence-corrected chi connectivity index (χ1v) is 6.42. The van der Waals surface area contributed by atoms with Gasteiger partial charge in [-0.15, -0.1) is 5.06 Å². The fourth-order valence-corrected chi connectivity index (χ4v) is 1.60. The van der Waals surface area contributed by atoms with E-state index in [2.05, 4.69) is 0 Å². The summed E-state index contributed by atoms with van der Waals surface area (Å²) in [6, 6.07) is 0. The van der Waals surface area contributed by atoms with Crippen LogP contribution in [0.15, 0.2) is 0 Å². The number of rotatable bonds is 5. The van der Waals surface area contributed by atoms with E-state index in [1.165, 1.54) is 0 Å². The molecule has 0 N–H and O–H groups in total. The summed E-state index contributed by atoms with van der Waals surface area (Å²) in [6.07, 6.45) is 3.12. The van der Waals surface area contributed by atoms with Gasteiger partial charge in [0.2, 0.25) is 0 Å².